The van der Waals surface area contributed by atoms with Gasteiger partial charge in [-0.1, -0.05) is 37.1 Å². The van der Waals surface area contributed by atoms with Crippen molar-refractivity contribution >= 4 is 23.8 Å². The molecule has 2 aromatic carbocycles. The highest BCUT2D eigenvalue weighted by molar-refractivity contribution is 7.99. The summed E-state index contributed by atoms with van der Waals surface area (Å²) in [5.74, 6) is 1.99. The fraction of sp³-hybridized carbons (Fsp3) is 0.517. The summed E-state index contributed by atoms with van der Waals surface area (Å²) in [5, 5.41) is 16.0. The van der Waals surface area contributed by atoms with Gasteiger partial charge in [-0.15, -0.1) is 0 Å². The number of amides is 2. The molecule has 1 fully saturated rings. The molecule has 2 amide bonds. The third kappa shape index (κ3) is 9.50. The van der Waals surface area contributed by atoms with Crippen molar-refractivity contribution in [2.24, 2.45) is 5.92 Å². The van der Waals surface area contributed by atoms with Crippen LogP contribution in [-0.4, -0.2) is 53.4 Å². The summed E-state index contributed by atoms with van der Waals surface area (Å²) in [4.78, 5) is 25.7. The summed E-state index contributed by atoms with van der Waals surface area (Å²) in [6.45, 7) is 5.67. The van der Waals surface area contributed by atoms with Crippen LogP contribution >= 0.6 is 11.8 Å². The van der Waals surface area contributed by atoms with Gasteiger partial charge in [-0.25, -0.2) is 4.79 Å². The molecule has 2 aromatic rings. The van der Waals surface area contributed by atoms with Gasteiger partial charge in [-0.05, 0) is 81.5 Å². The summed E-state index contributed by atoms with van der Waals surface area (Å²) >= 11 is 1.84. The molecule has 202 valence electrons. The standard InChI is InChI=1S/C29H40N2O5S/c1-29(2,3)36-28(34)31-24(18-30-27(33)23-11-7-8-12-25(23)32)26(37-19-21-9-5-6-10-21)17-20-13-15-22(35-4)16-14-20/h7-8,11-16,21,24,26,32H,5-6,9-10,17-19H2,1-4H3,(H,30,33)(H,31,34). The van der Waals surface area contributed by atoms with Crippen molar-refractivity contribution in [3.8, 4) is 11.5 Å². The Bertz CT molecular complexity index is 1020. The number of methoxy groups -OCH3 is 1. The highest BCUT2D eigenvalue weighted by Gasteiger charge is 2.29. The number of aromatic hydroxyl groups is 1. The number of carbonyl (C=O) groups excluding carboxylic acids is 2. The lowest BCUT2D eigenvalue weighted by Gasteiger charge is -2.30. The molecule has 0 aliphatic heterocycles. The van der Waals surface area contributed by atoms with E-state index in [4.69, 9.17) is 9.47 Å². The summed E-state index contributed by atoms with van der Waals surface area (Å²) in [5.41, 5.74) is 0.674. The van der Waals surface area contributed by atoms with Crippen LogP contribution in [0.15, 0.2) is 48.5 Å². The van der Waals surface area contributed by atoms with Crippen LogP contribution in [0.1, 0.15) is 62.4 Å². The van der Waals surface area contributed by atoms with Crippen molar-refractivity contribution in [1.29, 1.82) is 0 Å². The van der Waals surface area contributed by atoms with Crippen LogP contribution < -0.4 is 15.4 Å². The molecule has 1 saturated carbocycles. The number of para-hydroxylation sites is 1. The molecule has 37 heavy (non-hydrogen) atoms. The Morgan fingerprint density at radius 2 is 1.76 bits per heavy atom. The monoisotopic (exact) mass is 528 g/mol. The number of nitrogens with one attached hydrogen (secondary N) is 2. The number of benzene rings is 2. The number of carbonyl (C=O) groups is 2. The van der Waals surface area contributed by atoms with Crippen molar-refractivity contribution in [2.45, 2.75) is 69.8 Å². The number of hydrogen-bond acceptors (Lipinski definition) is 6. The van der Waals surface area contributed by atoms with E-state index in [1.807, 2.05) is 56.8 Å². The zero-order valence-electron chi connectivity index (χ0n) is 22.3. The van der Waals surface area contributed by atoms with E-state index in [-0.39, 0.29) is 23.1 Å². The summed E-state index contributed by atoms with van der Waals surface area (Å²) in [6.07, 6.45) is 5.19. The van der Waals surface area contributed by atoms with E-state index in [1.54, 1.807) is 25.3 Å². The fourth-order valence-electron chi connectivity index (χ4n) is 4.45. The smallest absolute Gasteiger partial charge is 0.407 e. The molecule has 0 heterocycles. The SMILES string of the molecule is COc1ccc(CC(SCC2CCCC2)C(CNC(=O)c2ccccc2O)NC(=O)OC(C)(C)C)cc1. The van der Waals surface area contributed by atoms with Crippen LogP contribution in [0, 0.1) is 5.92 Å². The van der Waals surface area contributed by atoms with Gasteiger partial charge < -0.3 is 25.2 Å². The number of alkyl carbamates (subject to hydrolysis) is 1. The van der Waals surface area contributed by atoms with Crippen LogP contribution in [0.25, 0.3) is 0 Å². The van der Waals surface area contributed by atoms with E-state index in [1.165, 1.54) is 31.7 Å². The highest BCUT2D eigenvalue weighted by Crippen LogP contribution is 2.31. The van der Waals surface area contributed by atoms with Crippen molar-refractivity contribution in [3.63, 3.8) is 0 Å². The van der Waals surface area contributed by atoms with E-state index >= 15 is 0 Å². The molecule has 2 unspecified atom stereocenters. The zero-order chi connectivity index (χ0) is 26.8. The lowest BCUT2D eigenvalue weighted by molar-refractivity contribution is 0.0500. The summed E-state index contributed by atoms with van der Waals surface area (Å²) in [7, 11) is 1.64. The minimum Gasteiger partial charge on any atom is -0.507 e. The summed E-state index contributed by atoms with van der Waals surface area (Å²) in [6, 6.07) is 14.0. The molecule has 8 heteroatoms. The van der Waals surface area contributed by atoms with E-state index in [0.717, 1.165) is 17.1 Å². The van der Waals surface area contributed by atoms with E-state index < -0.39 is 23.6 Å². The van der Waals surface area contributed by atoms with Crippen LogP contribution in [0.2, 0.25) is 0 Å². The van der Waals surface area contributed by atoms with Crippen LogP contribution in [-0.2, 0) is 11.2 Å². The highest BCUT2D eigenvalue weighted by atomic mass is 32.2. The number of phenolic OH excluding ortho intramolecular Hbond substituents is 1. The molecule has 2 atom stereocenters. The predicted octanol–water partition coefficient (Wildman–Crippen LogP) is 5.56. The van der Waals surface area contributed by atoms with Gasteiger partial charge in [0.1, 0.15) is 17.1 Å². The zero-order valence-corrected chi connectivity index (χ0v) is 23.1. The average molecular weight is 529 g/mol. The average Bonchev–Trinajstić information content (AvgIpc) is 3.37. The maximum absolute atomic E-state index is 12.9. The molecule has 7 nitrogen and oxygen atoms in total. The minimum absolute atomic E-state index is 0.00816. The van der Waals surface area contributed by atoms with Gasteiger partial charge >= 0.3 is 6.09 Å². The number of rotatable bonds is 11. The molecule has 1 aliphatic rings. The predicted molar refractivity (Wildman–Crippen MR) is 148 cm³/mol. The van der Waals surface area contributed by atoms with Gasteiger partial charge in [-0.3, -0.25) is 4.79 Å². The van der Waals surface area contributed by atoms with Gasteiger partial charge in [0, 0.05) is 11.8 Å². The second-order valence-corrected chi connectivity index (χ2v) is 11.8. The van der Waals surface area contributed by atoms with E-state index in [0.29, 0.717) is 12.3 Å². The Kier molecular flexibility index (Phi) is 10.6. The number of hydrogen-bond donors (Lipinski definition) is 3. The Morgan fingerprint density at radius 1 is 1.08 bits per heavy atom. The first-order chi connectivity index (χ1) is 17.6. The van der Waals surface area contributed by atoms with Gasteiger partial charge in [0.15, 0.2) is 0 Å². The molecule has 0 radical (unpaired) electrons. The van der Waals surface area contributed by atoms with Gasteiger partial charge in [0.05, 0.1) is 18.7 Å². The molecule has 0 saturated heterocycles. The van der Waals surface area contributed by atoms with Crippen molar-refractivity contribution in [2.75, 3.05) is 19.4 Å². The molecule has 0 spiro atoms. The number of phenols is 1. The minimum atomic E-state index is -0.643. The molecule has 0 aromatic heterocycles. The topological polar surface area (TPSA) is 96.9 Å². The number of ether oxygens (including phenoxy) is 2. The second kappa shape index (κ2) is 13.6. The first-order valence-corrected chi connectivity index (χ1v) is 14.0. The first kappa shape index (κ1) is 28.7. The van der Waals surface area contributed by atoms with Crippen LogP contribution in [0.5, 0.6) is 11.5 Å². The Morgan fingerprint density at radius 3 is 2.38 bits per heavy atom. The van der Waals surface area contributed by atoms with Crippen LogP contribution in [0.3, 0.4) is 0 Å². The molecule has 3 N–H and O–H groups in total. The Balaban J connectivity index is 1.80. The largest absolute Gasteiger partial charge is 0.507 e. The first-order valence-electron chi connectivity index (χ1n) is 12.9. The fourth-order valence-corrected chi connectivity index (χ4v) is 6.01. The third-order valence-electron chi connectivity index (χ3n) is 6.40. The lowest BCUT2D eigenvalue weighted by atomic mass is 10.0. The lowest BCUT2D eigenvalue weighted by Crippen LogP contribution is -2.51. The van der Waals surface area contributed by atoms with E-state index in [9.17, 15) is 14.7 Å². The molecule has 3 rings (SSSR count). The second-order valence-electron chi connectivity index (χ2n) is 10.6. The molecular weight excluding hydrogens is 488 g/mol. The Labute approximate surface area is 224 Å². The molecule has 1 aliphatic carbocycles. The normalized spacial score (nSPS) is 15.6. The molecular formula is C29H40N2O5S. The number of thioether (sulfide) groups is 1. The molecule has 0 bridgehead atoms. The van der Waals surface area contributed by atoms with Gasteiger partial charge in [0.2, 0.25) is 0 Å². The maximum Gasteiger partial charge on any atom is 0.407 e. The maximum atomic E-state index is 12.9. The van der Waals surface area contributed by atoms with Crippen molar-refractivity contribution in [1.82, 2.24) is 10.6 Å². The van der Waals surface area contributed by atoms with E-state index in [2.05, 4.69) is 10.6 Å². The quantitative estimate of drug-likeness (QED) is 0.353. The van der Waals surface area contributed by atoms with Gasteiger partial charge in [0.25, 0.3) is 5.91 Å². The third-order valence-corrected chi connectivity index (χ3v) is 7.99. The van der Waals surface area contributed by atoms with Crippen molar-refractivity contribution < 1.29 is 24.2 Å². The van der Waals surface area contributed by atoms with Crippen LogP contribution in [0.4, 0.5) is 4.79 Å². The summed E-state index contributed by atoms with van der Waals surface area (Å²) < 4.78 is 10.9. The van der Waals surface area contributed by atoms with Gasteiger partial charge in [-0.2, -0.15) is 11.8 Å². The van der Waals surface area contributed by atoms with Crippen molar-refractivity contribution in [3.05, 3.63) is 59.7 Å². The Hall–Kier alpha value is -2.87.